The first-order chi connectivity index (χ1) is 13.0. The first kappa shape index (κ1) is 19.7. The number of nitrogens with zero attached hydrogens (tertiary/aromatic N) is 1. The van der Waals surface area contributed by atoms with Crippen molar-refractivity contribution >= 4 is 23.2 Å². The summed E-state index contributed by atoms with van der Waals surface area (Å²) in [5.74, 6) is 1.64. The van der Waals surface area contributed by atoms with Gasteiger partial charge in [0.25, 0.3) is 5.91 Å². The van der Waals surface area contributed by atoms with Crippen LogP contribution in [0.1, 0.15) is 65.7 Å². The number of fused-ring (bicyclic) bond motifs is 1. The van der Waals surface area contributed by atoms with Gasteiger partial charge in [0, 0.05) is 24.2 Å². The van der Waals surface area contributed by atoms with Gasteiger partial charge >= 0.3 is 0 Å². The maximum Gasteiger partial charge on any atom is 0.267 e. The van der Waals surface area contributed by atoms with Crippen molar-refractivity contribution in [3.8, 4) is 5.75 Å². The van der Waals surface area contributed by atoms with Crippen LogP contribution < -0.4 is 15.0 Å². The zero-order chi connectivity index (χ0) is 19.4. The van der Waals surface area contributed by atoms with Gasteiger partial charge in [0.2, 0.25) is 5.91 Å². The Labute approximate surface area is 162 Å². The van der Waals surface area contributed by atoms with E-state index in [0.717, 1.165) is 43.0 Å². The second-order valence-corrected chi connectivity index (χ2v) is 7.87. The fourth-order valence-corrected chi connectivity index (χ4v) is 4.26. The Kier molecular flexibility index (Phi) is 6.40. The molecule has 0 spiro atoms. The lowest BCUT2D eigenvalue weighted by Gasteiger charge is -2.32. The molecule has 5 nitrogen and oxygen atoms in total. The summed E-state index contributed by atoms with van der Waals surface area (Å²) in [6.45, 7) is 6.55. The first-order valence-electron chi connectivity index (χ1n) is 10.5. The van der Waals surface area contributed by atoms with Crippen LogP contribution in [0.3, 0.4) is 0 Å². The molecule has 1 saturated carbocycles. The van der Waals surface area contributed by atoms with Crippen LogP contribution in [0.5, 0.6) is 5.75 Å². The van der Waals surface area contributed by atoms with Crippen molar-refractivity contribution in [2.24, 2.45) is 11.8 Å². The van der Waals surface area contributed by atoms with Crippen LogP contribution in [0.2, 0.25) is 0 Å². The number of carbonyl (C=O) groups excluding carboxylic acids is 2. The number of nitrogens with one attached hydrogen (secondary N) is 1. The number of unbranched alkanes of at least 4 members (excludes halogenated alkanes) is 1. The number of carbonyl (C=O) groups is 2. The summed E-state index contributed by atoms with van der Waals surface area (Å²) in [5.41, 5.74) is 1.51. The van der Waals surface area contributed by atoms with Gasteiger partial charge < -0.3 is 15.0 Å². The van der Waals surface area contributed by atoms with Crippen molar-refractivity contribution in [2.45, 2.75) is 71.8 Å². The number of anilines is 2. The largest absolute Gasteiger partial charge is 0.479 e. The molecule has 1 N–H and O–H groups in total. The summed E-state index contributed by atoms with van der Waals surface area (Å²) in [7, 11) is 0. The molecule has 0 radical (unpaired) electrons. The van der Waals surface area contributed by atoms with Crippen LogP contribution in [-0.4, -0.2) is 24.5 Å². The molecule has 1 atom stereocenters. The molecule has 1 heterocycles. The molecule has 0 bridgehead atoms. The Balaban J connectivity index is 1.61. The van der Waals surface area contributed by atoms with E-state index in [1.54, 1.807) is 11.8 Å². The number of hydrogen-bond donors (Lipinski definition) is 1. The predicted octanol–water partition coefficient (Wildman–Crippen LogP) is 4.76. The minimum Gasteiger partial charge on any atom is -0.479 e. The average Bonchev–Trinajstić information content (AvgIpc) is 2.68. The second-order valence-electron chi connectivity index (χ2n) is 7.87. The molecule has 5 heteroatoms. The van der Waals surface area contributed by atoms with Crippen molar-refractivity contribution < 1.29 is 14.3 Å². The summed E-state index contributed by atoms with van der Waals surface area (Å²) < 4.78 is 5.75. The van der Waals surface area contributed by atoms with Gasteiger partial charge in [-0.05, 0) is 57.6 Å². The maximum atomic E-state index is 12.7. The van der Waals surface area contributed by atoms with Crippen molar-refractivity contribution in [2.75, 3.05) is 16.8 Å². The summed E-state index contributed by atoms with van der Waals surface area (Å²) >= 11 is 0. The molecule has 2 amide bonds. The van der Waals surface area contributed by atoms with E-state index < -0.39 is 6.10 Å². The number of likely N-dealkylation sites (N-methyl/N-ethyl adjacent to an activating group) is 1. The van der Waals surface area contributed by atoms with E-state index in [2.05, 4.69) is 12.2 Å². The highest BCUT2D eigenvalue weighted by molar-refractivity contribution is 6.00. The number of hydrogen-bond acceptors (Lipinski definition) is 3. The number of amides is 2. The summed E-state index contributed by atoms with van der Waals surface area (Å²) in [5, 5.41) is 3.06. The third-order valence-corrected chi connectivity index (χ3v) is 5.94. The van der Waals surface area contributed by atoms with E-state index in [0.29, 0.717) is 12.3 Å². The lowest BCUT2D eigenvalue weighted by atomic mass is 9.79. The van der Waals surface area contributed by atoms with Crippen LogP contribution in [0.25, 0.3) is 0 Å². The minimum atomic E-state index is -0.498. The molecule has 1 aromatic carbocycles. The number of ether oxygens (including phenoxy) is 1. The Morgan fingerprint density at radius 3 is 2.63 bits per heavy atom. The highest BCUT2D eigenvalue weighted by Gasteiger charge is 2.31. The molecule has 1 aromatic rings. The SMILES string of the molecule is CCCCC1CCC(C(=O)Nc2ccc3c(c2)OC(C)C(=O)N3CC)CC1. The van der Waals surface area contributed by atoms with Gasteiger partial charge in [0.05, 0.1) is 5.69 Å². The molecular weight excluding hydrogens is 340 g/mol. The smallest absolute Gasteiger partial charge is 0.267 e. The van der Waals surface area contributed by atoms with E-state index in [1.807, 2.05) is 25.1 Å². The van der Waals surface area contributed by atoms with Gasteiger partial charge in [-0.25, -0.2) is 0 Å². The molecule has 3 rings (SSSR count). The molecule has 1 aliphatic carbocycles. The van der Waals surface area contributed by atoms with Gasteiger partial charge in [-0.15, -0.1) is 0 Å². The standard InChI is InChI=1S/C22H32N2O3/c1-4-6-7-16-8-10-17(11-9-16)21(25)23-18-12-13-19-20(14-18)27-15(3)22(26)24(19)5-2/h12-17H,4-11H2,1-3H3,(H,23,25). The van der Waals surface area contributed by atoms with E-state index in [-0.39, 0.29) is 17.7 Å². The lowest BCUT2D eigenvalue weighted by molar-refractivity contribution is -0.125. The highest BCUT2D eigenvalue weighted by atomic mass is 16.5. The summed E-state index contributed by atoms with van der Waals surface area (Å²) in [6.07, 6.45) is 7.65. The molecular formula is C22H32N2O3. The highest BCUT2D eigenvalue weighted by Crippen LogP contribution is 2.37. The van der Waals surface area contributed by atoms with Crippen LogP contribution >= 0.6 is 0 Å². The molecule has 0 aromatic heterocycles. The van der Waals surface area contributed by atoms with Crippen LogP contribution in [0.15, 0.2) is 18.2 Å². The summed E-state index contributed by atoms with van der Waals surface area (Å²) in [6, 6.07) is 5.56. The third kappa shape index (κ3) is 4.45. The predicted molar refractivity (Wildman–Crippen MR) is 108 cm³/mol. The molecule has 1 aliphatic heterocycles. The maximum absolute atomic E-state index is 12.7. The van der Waals surface area contributed by atoms with E-state index >= 15 is 0 Å². The fraction of sp³-hybridized carbons (Fsp3) is 0.636. The first-order valence-corrected chi connectivity index (χ1v) is 10.5. The second kappa shape index (κ2) is 8.77. The Morgan fingerprint density at radius 2 is 1.96 bits per heavy atom. The van der Waals surface area contributed by atoms with Crippen molar-refractivity contribution in [3.05, 3.63) is 18.2 Å². The van der Waals surface area contributed by atoms with Crippen LogP contribution in [0.4, 0.5) is 11.4 Å². The molecule has 148 valence electrons. The normalized spacial score (nSPS) is 24.9. The van der Waals surface area contributed by atoms with E-state index in [9.17, 15) is 9.59 Å². The van der Waals surface area contributed by atoms with Crippen molar-refractivity contribution in [3.63, 3.8) is 0 Å². The molecule has 1 unspecified atom stereocenters. The quantitative estimate of drug-likeness (QED) is 0.783. The van der Waals surface area contributed by atoms with Crippen molar-refractivity contribution in [1.29, 1.82) is 0 Å². The zero-order valence-electron chi connectivity index (χ0n) is 16.8. The van der Waals surface area contributed by atoms with E-state index in [1.165, 1.54) is 19.3 Å². The third-order valence-electron chi connectivity index (χ3n) is 5.94. The molecule has 1 fully saturated rings. The topological polar surface area (TPSA) is 58.6 Å². The van der Waals surface area contributed by atoms with E-state index in [4.69, 9.17) is 4.74 Å². The zero-order valence-corrected chi connectivity index (χ0v) is 16.8. The number of rotatable bonds is 6. The number of benzene rings is 1. The Hall–Kier alpha value is -2.04. The molecule has 0 saturated heterocycles. The van der Waals surface area contributed by atoms with Crippen LogP contribution in [-0.2, 0) is 9.59 Å². The van der Waals surface area contributed by atoms with Gasteiger partial charge in [0.1, 0.15) is 5.75 Å². The Morgan fingerprint density at radius 1 is 1.22 bits per heavy atom. The van der Waals surface area contributed by atoms with Gasteiger partial charge in [-0.3, -0.25) is 9.59 Å². The van der Waals surface area contributed by atoms with Gasteiger partial charge in [-0.1, -0.05) is 26.2 Å². The van der Waals surface area contributed by atoms with Crippen molar-refractivity contribution in [1.82, 2.24) is 0 Å². The monoisotopic (exact) mass is 372 g/mol. The van der Waals surface area contributed by atoms with Gasteiger partial charge in [-0.2, -0.15) is 0 Å². The fourth-order valence-electron chi connectivity index (χ4n) is 4.26. The van der Waals surface area contributed by atoms with Gasteiger partial charge in [0.15, 0.2) is 6.10 Å². The van der Waals surface area contributed by atoms with Crippen LogP contribution in [0, 0.1) is 11.8 Å². The molecule has 27 heavy (non-hydrogen) atoms. The average molecular weight is 373 g/mol. The Bertz CT molecular complexity index is 680. The minimum absolute atomic E-state index is 0.0263. The molecule has 2 aliphatic rings. The lowest BCUT2D eigenvalue weighted by Crippen LogP contribution is -2.44. The summed E-state index contributed by atoms with van der Waals surface area (Å²) in [4.78, 5) is 26.6.